The number of carbonyl (C=O) groups is 1. The van der Waals surface area contributed by atoms with Gasteiger partial charge in [0.25, 0.3) is 5.91 Å². The zero-order valence-electron chi connectivity index (χ0n) is 11.1. The molecule has 2 heterocycles. The fraction of sp³-hybridized carbons (Fsp3) is 0. The highest BCUT2D eigenvalue weighted by Gasteiger charge is 2.11. The number of aromatic nitrogens is 2. The third-order valence-electron chi connectivity index (χ3n) is 2.83. The molecule has 0 radical (unpaired) electrons. The van der Waals surface area contributed by atoms with E-state index in [4.69, 9.17) is 11.6 Å². The number of hydrogen-bond donors (Lipinski definition) is 1. The highest BCUT2D eigenvalue weighted by atomic mass is 35.5. The van der Waals surface area contributed by atoms with E-state index in [-0.39, 0.29) is 16.9 Å². The van der Waals surface area contributed by atoms with Crippen molar-refractivity contribution in [1.29, 1.82) is 0 Å². The van der Waals surface area contributed by atoms with E-state index in [2.05, 4.69) is 15.3 Å². The van der Waals surface area contributed by atoms with Crippen LogP contribution in [0.1, 0.15) is 10.4 Å². The molecule has 0 aliphatic carbocycles. The molecule has 1 aromatic carbocycles. The van der Waals surface area contributed by atoms with Gasteiger partial charge in [0.15, 0.2) is 5.13 Å². The van der Waals surface area contributed by atoms with Crippen molar-refractivity contribution < 1.29 is 9.18 Å². The van der Waals surface area contributed by atoms with E-state index in [1.165, 1.54) is 35.7 Å². The van der Waals surface area contributed by atoms with Crippen LogP contribution in [-0.4, -0.2) is 15.9 Å². The molecular formula is C15H9ClFN3OS. The normalized spacial score (nSPS) is 10.5. The highest BCUT2D eigenvalue weighted by molar-refractivity contribution is 7.14. The lowest BCUT2D eigenvalue weighted by molar-refractivity contribution is 0.102. The Hall–Kier alpha value is -2.31. The summed E-state index contributed by atoms with van der Waals surface area (Å²) in [5, 5.41) is 5.10. The number of rotatable bonds is 3. The summed E-state index contributed by atoms with van der Waals surface area (Å²) < 4.78 is 13.2. The number of halogens is 2. The molecule has 22 heavy (non-hydrogen) atoms. The smallest absolute Gasteiger partial charge is 0.257 e. The van der Waals surface area contributed by atoms with Crippen molar-refractivity contribution in [2.45, 2.75) is 0 Å². The molecule has 0 aliphatic heterocycles. The average molecular weight is 334 g/mol. The highest BCUT2D eigenvalue weighted by Crippen LogP contribution is 2.25. The van der Waals surface area contributed by atoms with Gasteiger partial charge in [-0.05, 0) is 24.3 Å². The van der Waals surface area contributed by atoms with Crippen molar-refractivity contribution >= 4 is 34.0 Å². The number of amides is 1. The molecule has 0 saturated heterocycles. The Morgan fingerprint density at radius 2 is 2.14 bits per heavy atom. The van der Waals surface area contributed by atoms with Crippen molar-refractivity contribution in [1.82, 2.24) is 9.97 Å². The fourth-order valence-corrected chi connectivity index (χ4v) is 2.71. The van der Waals surface area contributed by atoms with Gasteiger partial charge in [-0.3, -0.25) is 10.1 Å². The maximum atomic E-state index is 13.2. The molecule has 0 spiro atoms. The Balaban J connectivity index is 1.78. The Bertz CT molecular complexity index is 837. The molecular weight excluding hydrogens is 325 g/mol. The number of anilines is 1. The van der Waals surface area contributed by atoms with Crippen molar-refractivity contribution in [3.63, 3.8) is 0 Å². The minimum absolute atomic E-state index is 0.243. The van der Waals surface area contributed by atoms with Crippen LogP contribution in [0.15, 0.2) is 48.0 Å². The van der Waals surface area contributed by atoms with Gasteiger partial charge in [0.05, 0.1) is 5.69 Å². The topological polar surface area (TPSA) is 54.9 Å². The van der Waals surface area contributed by atoms with Gasteiger partial charge in [-0.1, -0.05) is 23.7 Å². The Kier molecular flexibility index (Phi) is 4.13. The Morgan fingerprint density at radius 1 is 1.27 bits per heavy atom. The third kappa shape index (κ3) is 3.29. The number of pyridine rings is 1. The second-order valence-electron chi connectivity index (χ2n) is 4.37. The van der Waals surface area contributed by atoms with Crippen LogP contribution in [0, 0.1) is 5.82 Å². The van der Waals surface area contributed by atoms with Gasteiger partial charge >= 0.3 is 0 Å². The van der Waals surface area contributed by atoms with E-state index in [1.54, 1.807) is 23.6 Å². The van der Waals surface area contributed by atoms with Gasteiger partial charge in [-0.15, -0.1) is 11.3 Å². The van der Waals surface area contributed by atoms with Crippen LogP contribution >= 0.6 is 22.9 Å². The minimum atomic E-state index is -0.331. The fourth-order valence-electron chi connectivity index (χ4n) is 1.82. The van der Waals surface area contributed by atoms with E-state index in [9.17, 15) is 9.18 Å². The maximum absolute atomic E-state index is 13.2. The molecule has 0 unspecified atom stereocenters. The molecule has 0 atom stereocenters. The Morgan fingerprint density at radius 3 is 2.91 bits per heavy atom. The summed E-state index contributed by atoms with van der Waals surface area (Å²) in [5.74, 6) is -0.660. The van der Waals surface area contributed by atoms with Crippen LogP contribution in [0.5, 0.6) is 0 Å². The van der Waals surface area contributed by atoms with Crippen LogP contribution < -0.4 is 5.32 Å². The standard InChI is InChI=1S/C15H9ClFN3OS/c16-13-7-10(4-5-18-13)14(21)20-15-19-12(8-22-15)9-2-1-3-11(17)6-9/h1-8H,(H,19,20,21). The number of hydrogen-bond acceptors (Lipinski definition) is 4. The second kappa shape index (κ2) is 6.21. The van der Waals surface area contributed by atoms with Gasteiger partial charge in [0.2, 0.25) is 0 Å². The minimum Gasteiger partial charge on any atom is -0.298 e. The molecule has 110 valence electrons. The first kappa shape index (κ1) is 14.6. The SMILES string of the molecule is O=C(Nc1nc(-c2cccc(F)c2)cs1)c1ccnc(Cl)c1. The summed E-state index contributed by atoms with van der Waals surface area (Å²) in [7, 11) is 0. The molecule has 0 saturated carbocycles. The van der Waals surface area contributed by atoms with E-state index in [1.807, 2.05) is 0 Å². The summed E-state index contributed by atoms with van der Waals surface area (Å²) in [4.78, 5) is 20.2. The van der Waals surface area contributed by atoms with Crippen molar-refractivity contribution in [3.05, 3.63) is 64.5 Å². The first-order valence-electron chi connectivity index (χ1n) is 6.26. The third-order valence-corrected chi connectivity index (χ3v) is 3.80. The monoisotopic (exact) mass is 333 g/mol. The molecule has 3 rings (SSSR count). The molecule has 0 aliphatic rings. The molecule has 4 nitrogen and oxygen atoms in total. The van der Waals surface area contributed by atoms with Crippen LogP contribution in [0.4, 0.5) is 9.52 Å². The van der Waals surface area contributed by atoms with Gasteiger partial charge in [0, 0.05) is 22.7 Å². The first-order valence-corrected chi connectivity index (χ1v) is 7.52. The predicted octanol–water partition coefficient (Wildman–Crippen LogP) is 4.25. The van der Waals surface area contributed by atoms with Crippen LogP contribution in [0.25, 0.3) is 11.3 Å². The molecule has 7 heteroatoms. The van der Waals surface area contributed by atoms with Gasteiger partial charge in [0.1, 0.15) is 11.0 Å². The first-order chi connectivity index (χ1) is 10.6. The lowest BCUT2D eigenvalue weighted by Crippen LogP contribution is -2.11. The number of thiazole rings is 1. The van der Waals surface area contributed by atoms with E-state index < -0.39 is 0 Å². The van der Waals surface area contributed by atoms with Crippen molar-refractivity contribution in [2.24, 2.45) is 0 Å². The van der Waals surface area contributed by atoms with E-state index >= 15 is 0 Å². The number of carbonyl (C=O) groups excluding carboxylic acids is 1. The van der Waals surface area contributed by atoms with Crippen LogP contribution in [0.2, 0.25) is 5.15 Å². The number of benzene rings is 1. The van der Waals surface area contributed by atoms with Gasteiger partial charge in [-0.25, -0.2) is 14.4 Å². The summed E-state index contributed by atoms with van der Waals surface area (Å²) >= 11 is 7.01. The summed E-state index contributed by atoms with van der Waals surface area (Å²) in [6, 6.07) is 9.16. The molecule has 1 amide bonds. The predicted molar refractivity (Wildman–Crippen MR) is 84.7 cm³/mol. The van der Waals surface area contributed by atoms with E-state index in [0.717, 1.165) is 0 Å². The van der Waals surface area contributed by atoms with Gasteiger partial charge in [-0.2, -0.15) is 0 Å². The maximum Gasteiger partial charge on any atom is 0.257 e. The molecule has 3 aromatic rings. The van der Waals surface area contributed by atoms with Crippen molar-refractivity contribution in [3.8, 4) is 11.3 Å². The molecule has 2 aromatic heterocycles. The lowest BCUT2D eigenvalue weighted by atomic mass is 10.2. The lowest BCUT2D eigenvalue weighted by Gasteiger charge is -2.01. The van der Waals surface area contributed by atoms with Gasteiger partial charge < -0.3 is 0 Å². The summed E-state index contributed by atoms with van der Waals surface area (Å²) in [6.07, 6.45) is 1.46. The summed E-state index contributed by atoms with van der Waals surface area (Å²) in [6.45, 7) is 0. The largest absolute Gasteiger partial charge is 0.298 e. The number of nitrogens with zero attached hydrogens (tertiary/aromatic N) is 2. The number of nitrogens with one attached hydrogen (secondary N) is 1. The quantitative estimate of drug-likeness (QED) is 0.729. The second-order valence-corrected chi connectivity index (χ2v) is 5.61. The molecule has 0 bridgehead atoms. The van der Waals surface area contributed by atoms with Crippen LogP contribution in [-0.2, 0) is 0 Å². The zero-order valence-corrected chi connectivity index (χ0v) is 12.7. The average Bonchev–Trinajstić information content (AvgIpc) is 2.96. The van der Waals surface area contributed by atoms with E-state index in [0.29, 0.717) is 22.0 Å². The summed E-state index contributed by atoms with van der Waals surface area (Å²) in [5.41, 5.74) is 1.65. The zero-order chi connectivity index (χ0) is 15.5. The molecule has 0 fully saturated rings. The Labute approximate surface area is 134 Å². The van der Waals surface area contributed by atoms with Crippen LogP contribution in [0.3, 0.4) is 0 Å². The van der Waals surface area contributed by atoms with Crippen molar-refractivity contribution in [2.75, 3.05) is 5.32 Å². The molecule has 1 N–H and O–H groups in total.